The van der Waals surface area contributed by atoms with Crippen molar-refractivity contribution in [2.75, 3.05) is 5.73 Å². The SMILES string of the molecule is CC[C@H](C)Cc1c(C)cc(C)cc1C/C=C(/CC(C)C)c1cc(-c2ccc(C)cc2)ccc1N. The van der Waals surface area contributed by atoms with Crippen molar-refractivity contribution in [3.8, 4) is 11.1 Å². The van der Waals surface area contributed by atoms with E-state index in [0.29, 0.717) is 11.8 Å². The molecule has 3 aromatic carbocycles. The number of rotatable bonds is 9. The molecule has 3 aromatic rings. The summed E-state index contributed by atoms with van der Waals surface area (Å²) in [6.07, 6.45) is 6.77. The molecule has 2 N–H and O–H groups in total. The highest BCUT2D eigenvalue weighted by Crippen LogP contribution is 2.33. The Kier molecular flexibility index (Phi) is 8.78. The second-order valence-corrected chi connectivity index (χ2v) is 10.6. The molecule has 34 heavy (non-hydrogen) atoms. The van der Waals surface area contributed by atoms with Gasteiger partial charge in [-0.15, -0.1) is 0 Å². The summed E-state index contributed by atoms with van der Waals surface area (Å²) in [5.41, 5.74) is 19.5. The zero-order chi connectivity index (χ0) is 24.8. The predicted octanol–water partition coefficient (Wildman–Crippen LogP) is 9.12. The monoisotopic (exact) mass is 453 g/mol. The third-order valence-electron chi connectivity index (χ3n) is 6.94. The van der Waals surface area contributed by atoms with Gasteiger partial charge in [-0.1, -0.05) is 93.8 Å². The van der Waals surface area contributed by atoms with Gasteiger partial charge in [0.05, 0.1) is 0 Å². The van der Waals surface area contributed by atoms with Crippen LogP contribution in [0.4, 0.5) is 5.69 Å². The van der Waals surface area contributed by atoms with Gasteiger partial charge < -0.3 is 5.73 Å². The molecule has 0 unspecified atom stereocenters. The van der Waals surface area contributed by atoms with Gasteiger partial charge in [-0.05, 0) is 97.4 Å². The van der Waals surface area contributed by atoms with Crippen molar-refractivity contribution in [1.29, 1.82) is 0 Å². The van der Waals surface area contributed by atoms with Gasteiger partial charge in [-0.3, -0.25) is 0 Å². The molecule has 0 aromatic heterocycles. The molecule has 0 aliphatic carbocycles. The van der Waals surface area contributed by atoms with E-state index in [2.05, 4.69) is 109 Å². The molecule has 1 heteroatoms. The highest BCUT2D eigenvalue weighted by molar-refractivity contribution is 5.80. The highest BCUT2D eigenvalue weighted by atomic mass is 14.6. The number of anilines is 1. The van der Waals surface area contributed by atoms with E-state index in [1.54, 1.807) is 0 Å². The quantitative estimate of drug-likeness (QED) is 0.321. The van der Waals surface area contributed by atoms with E-state index in [1.165, 1.54) is 56.5 Å². The van der Waals surface area contributed by atoms with Crippen LogP contribution in [0.3, 0.4) is 0 Å². The van der Waals surface area contributed by atoms with Crippen molar-refractivity contribution in [2.45, 2.75) is 74.1 Å². The van der Waals surface area contributed by atoms with Crippen LogP contribution in [0.15, 0.2) is 60.7 Å². The zero-order valence-electron chi connectivity index (χ0n) is 22.3. The van der Waals surface area contributed by atoms with Crippen molar-refractivity contribution in [3.63, 3.8) is 0 Å². The smallest absolute Gasteiger partial charge is 0.0390 e. The lowest BCUT2D eigenvalue weighted by Gasteiger charge is -2.18. The number of hydrogen-bond donors (Lipinski definition) is 1. The molecule has 0 spiro atoms. The van der Waals surface area contributed by atoms with Gasteiger partial charge in [0.1, 0.15) is 0 Å². The van der Waals surface area contributed by atoms with Gasteiger partial charge in [-0.2, -0.15) is 0 Å². The summed E-state index contributed by atoms with van der Waals surface area (Å²) < 4.78 is 0. The minimum absolute atomic E-state index is 0.563. The average Bonchev–Trinajstić information content (AvgIpc) is 2.79. The normalized spacial score (nSPS) is 12.9. The molecule has 0 fully saturated rings. The molecule has 0 radical (unpaired) electrons. The number of nitrogen functional groups attached to an aromatic ring is 1. The maximum Gasteiger partial charge on any atom is 0.0390 e. The molecule has 0 heterocycles. The molecule has 0 saturated heterocycles. The van der Waals surface area contributed by atoms with Gasteiger partial charge in [0.15, 0.2) is 0 Å². The van der Waals surface area contributed by atoms with Gasteiger partial charge in [0, 0.05) is 11.3 Å². The summed E-state index contributed by atoms with van der Waals surface area (Å²) in [7, 11) is 0. The molecule has 1 nitrogen and oxygen atoms in total. The molecule has 3 rings (SSSR count). The van der Waals surface area contributed by atoms with Crippen LogP contribution < -0.4 is 5.73 Å². The van der Waals surface area contributed by atoms with E-state index in [0.717, 1.165) is 24.9 Å². The van der Waals surface area contributed by atoms with Crippen molar-refractivity contribution < 1.29 is 0 Å². The van der Waals surface area contributed by atoms with Crippen LogP contribution in [-0.2, 0) is 12.8 Å². The first-order valence-corrected chi connectivity index (χ1v) is 12.9. The molecular formula is C33H43N. The third kappa shape index (κ3) is 6.63. The first-order chi connectivity index (χ1) is 16.2. The zero-order valence-corrected chi connectivity index (χ0v) is 22.3. The van der Waals surface area contributed by atoms with Gasteiger partial charge in [-0.25, -0.2) is 0 Å². The fourth-order valence-corrected chi connectivity index (χ4v) is 4.79. The molecule has 0 aliphatic heterocycles. The lowest BCUT2D eigenvalue weighted by molar-refractivity contribution is 0.556. The minimum atomic E-state index is 0.563. The topological polar surface area (TPSA) is 26.0 Å². The maximum atomic E-state index is 6.56. The molecule has 0 aliphatic rings. The fraction of sp³-hybridized carbons (Fsp3) is 0.394. The Labute approximate surface area is 208 Å². The Morgan fingerprint density at radius 3 is 2.18 bits per heavy atom. The Hall–Kier alpha value is -2.80. The molecule has 180 valence electrons. The molecular weight excluding hydrogens is 410 g/mol. The van der Waals surface area contributed by atoms with Gasteiger partial charge in [0.2, 0.25) is 0 Å². The molecule has 0 amide bonds. The average molecular weight is 454 g/mol. The summed E-state index contributed by atoms with van der Waals surface area (Å²) in [5, 5.41) is 0. The van der Waals surface area contributed by atoms with Crippen molar-refractivity contribution in [3.05, 3.63) is 94.1 Å². The van der Waals surface area contributed by atoms with Crippen molar-refractivity contribution in [1.82, 2.24) is 0 Å². The summed E-state index contributed by atoms with van der Waals surface area (Å²) in [4.78, 5) is 0. The summed E-state index contributed by atoms with van der Waals surface area (Å²) in [6.45, 7) is 15.8. The number of allylic oxidation sites excluding steroid dienone is 2. The Bertz CT molecular complexity index is 1130. The van der Waals surface area contributed by atoms with Crippen molar-refractivity contribution >= 4 is 11.3 Å². The van der Waals surface area contributed by atoms with E-state index in [9.17, 15) is 0 Å². The number of aryl methyl sites for hydroxylation is 3. The van der Waals surface area contributed by atoms with E-state index >= 15 is 0 Å². The number of hydrogen-bond acceptors (Lipinski definition) is 1. The molecule has 0 bridgehead atoms. The molecule has 0 saturated carbocycles. The second-order valence-electron chi connectivity index (χ2n) is 10.6. The lowest BCUT2D eigenvalue weighted by atomic mass is 9.87. The van der Waals surface area contributed by atoms with Gasteiger partial charge >= 0.3 is 0 Å². The lowest BCUT2D eigenvalue weighted by Crippen LogP contribution is -2.05. The van der Waals surface area contributed by atoms with Crippen LogP contribution in [0.25, 0.3) is 16.7 Å². The van der Waals surface area contributed by atoms with Gasteiger partial charge in [0.25, 0.3) is 0 Å². The van der Waals surface area contributed by atoms with Crippen molar-refractivity contribution in [2.24, 2.45) is 11.8 Å². The third-order valence-corrected chi connectivity index (χ3v) is 6.94. The number of nitrogens with two attached hydrogens (primary N) is 1. The van der Waals surface area contributed by atoms with E-state index in [1.807, 2.05) is 0 Å². The maximum absolute atomic E-state index is 6.56. The van der Waals surface area contributed by atoms with Crippen LogP contribution in [0, 0.1) is 32.6 Å². The van der Waals surface area contributed by atoms with E-state index in [-0.39, 0.29) is 0 Å². The fourth-order valence-electron chi connectivity index (χ4n) is 4.79. The Balaban J connectivity index is 2.03. The summed E-state index contributed by atoms with van der Waals surface area (Å²) in [5.74, 6) is 1.26. The summed E-state index contributed by atoms with van der Waals surface area (Å²) >= 11 is 0. The van der Waals surface area contributed by atoms with Crippen LogP contribution in [-0.4, -0.2) is 0 Å². The van der Waals surface area contributed by atoms with E-state index < -0.39 is 0 Å². The summed E-state index contributed by atoms with van der Waals surface area (Å²) in [6, 6.07) is 20.0. The first kappa shape index (κ1) is 25.8. The standard InChI is InChI=1S/C33H43N/c1-8-23(4)20-31-26(7)18-25(6)19-30(31)14-13-29(17-22(2)3)32-21-28(15-16-33(32)34)27-11-9-24(5)10-12-27/h9-13,15-16,18-19,21-23H,8,14,17,20,34H2,1-7H3/b29-13-/t23-/m0/s1. The Morgan fingerprint density at radius 1 is 0.853 bits per heavy atom. The van der Waals surface area contributed by atoms with Crippen LogP contribution in [0.2, 0.25) is 0 Å². The molecule has 1 atom stereocenters. The first-order valence-electron chi connectivity index (χ1n) is 12.9. The predicted molar refractivity (Wildman–Crippen MR) is 151 cm³/mol. The highest BCUT2D eigenvalue weighted by Gasteiger charge is 2.13. The van der Waals surface area contributed by atoms with Crippen LogP contribution >= 0.6 is 0 Å². The largest absolute Gasteiger partial charge is 0.398 e. The Morgan fingerprint density at radius 2 is 1.53 bits per heavy atom. The number of benzene rings is 3. The van der Waals surface area contributed by atoms with E-state index in [4.69, 9.17) is 5.73 Å². The second kappa shape index (κ2) is 11.6. The van der Waals surface area contributed by atoms with Crippen LogP contribution in [0.5, 0.6) is 0 Å². The van der Waals surface area contributed by atoms with Crippen LogP contribution in [0.1, 0.15) is 73.9 Å². The minimum Gasteiger partial charge on any atom is -0.398 e.